The fraction of sp³-hybridized carbons (Fsp3) is 0.400. The maximum atomic E-state index is 11.8. The predicted molar refractivity (Wildman–Crippen MR) is 52.6 cm³/mol. The SMILES string of the molecule is Cc1cc2c(s1)C(=O)N(C1CC1)C2=O. The lowest BCUT2D eigenvalue weighted by molar-refractivity contribution is 0.0644. The second-order valence-electron chi connectivity index (χ2n) is 3.81. The van der Waals surface area contributed by atoms with E-state index in [0.29, 0.717) is 10.4 Å². The van der Waals surface area contributed by atoms with E-state index in [4.69, 9.17) is 0 Å². The lowest BCUT2D eigenvalue weighted by atomic mass is 10.3. The molecule has 0 saturated heterocycles. The van der Waals surface area contributed by atoms with Gasteiger partial charge >= 0.3 is 0 Å². The highest BCUT2D eigenvalue weighted by atomic mass is 32.1. The standard InChI is InChI=1S/C10H9NO2S/c1-5-4-7-8(14-5)10(13)11(9(7)12)6-2-3-6/h4,6H,2-3H2,1H3. The average molecular weight is 207 g/mol. The van der Waals surface area contributed by atoms with Crippen molar-refractivity contribution in [1.82, 2.24) is 4.90 Å². The Kier molecular flexibility index (Phi) is 1.43. The molecule has 0 spiro atoms. The van der Waals surface area contributed by atoms with Gasteiger partial charge < -0.3 is 0 Å². The molecule has 1 aromatic heterocycles. The summed E-state index contributed by atoms with van der Waals surface area (Å²) in [5, 5.41) is 0. The van der Waals surface area contributed by atoms with Crippen molar-refractivity contribution in [3.63, 3.8) is 0 Å². The number of imide groups is 1. The first kappa shape index (κ1) is 8.17. The third-order valence-corrected chi connectivity index (χ3v) is 3.67. The highest BCUT2D eigenvalue weighted by molar-refractivity contribution is 7.14. The van der Waals surface area contributed by atoms with E-state index in [9.17, 15) is 9.59 Å². The van der Waals surface area contributed by atoms with Gasteiger partial charge in [0.05, 0.1) is 5.56 Å². The van der Waals surface area contributed by atoms with E-state index in [2.05, 4.69) is 0 Å². The summed E-state index contributed by atoms with van der Waals surface area (Å²) in [6.45, 7) is 1.92. The molecular weight excluding hydrogens is 198 g/mol. The Hall–Kier alpha value is -1.16. The zero-order valence-electron chi connectivity index (χ0n) is 7.74. The number of thiophene rings is 1. The summed E-state index contributed by atoms with van der Waals surface area (Å²) in [5.41, 5.74) is 0.615. The molecular formula is C10H9NO2S. The van der Waals surface area contributed by atoms with Crippen LogP contribution in [-0.2, 0) is 0 Å². The monoisotopic (exact) mass is 207 g/mol. The predicted octanol–water partition coefficient (Wildman–Crippen LogP) is 1.81. The van der Waals surface area contributed by atoms with Crippen LogP contribution in [0.4, 0.5) is 0 Å². The molecule has 14 heavy (non-hydrogen) atoms. The number of hydrogen-bond acceptors (Lipinski definition) is 3. The molecule has 1 aliphatic carbocycles. The number of rotatable bonds is 1. The summed E-state index contributed by atoms with van der Waals surface area (Å²) in [6, 6.07) is 2.01. The van der Waals surface area contributed by atoms with Crippen LogP contribution in [-0.4, -0.2) is 22.8 Å². The van der Waals surface area contributed by atoms with E-state index in [1.165, 1.54) is 16.2 Å². The van der Waals surface area contributed by atoms with Crippen molar-refractivity contribution < 1.29 is 9.59 Å². The number of fused-ring (bicyclic) bond motifs is 1. The van der Waals surface area contributed by atoms with Crippen molar-refractivity contribution >= 4 is 23.2 Å². The van der Waals surface area contributed by atoms with Crippen molar-refractivity contribution in [2.75, 3.05) is 0 Å². The van der Waals surface area contributed by atoms with E-state index < -0.39 is 0 Å². The smallest absolute Gasteiger partial charge is 0.270 e. The van der Waals surface area contributed by atoms with Crippen molar-refractivity contribution in [2.45, 2.75) is 25.8 Å². The summed E-state index contributed by atoms with van der Waals surface area (Å²) in [6.07, 6.45) is 1.96. The number of amides is 2. The van der Waals surface area contributed by atoms with E-state index >= 15 is 0 Å². The van der Waals surface area contributed by atoms with Crippen molar-refractivity contribution in [3.05, 3.63) is 21.4 Å². The van der Waals surface area contributed by atoms with Crippen LogP contribution in [0.3, 0.4) is 0 Å². The minimum Gasteiger partial charge on any atom is -0.270 e. The molecule has 72 valence electrons. The molecule has 0 aromatic carbocycles. The Morgan fingerprint density at radius 2 is 2.07 bits per heavy atom. The Balaban J connectivity index is 2.09. The first-order chi connectivity index (χ1) is 6.68. The quantitative estimate of drug-likeness (QED) is 0.659. The summed E-state index contributed by atoms with van der Waals surface area (Å²) in [7, 11) is 0. The van der Waals surface area contributed by atoms with Gasteiger partial charge in [-0.25, -0.2) is 0 Å². The van der Waals surface area contributed by atoms with Crippen LogP contribution in [0, 0.1) is 6.92 Å². The topological polar surface area (TPSA) is 37.4 Å². The fourth-order valence-electron chi connectivity index (χ4n) is 1.83. The number of aryl methyl sites for hydroxylation is 1. The minimum atomic E-state index is -0.0862. The molecule has 1 aromatic rings. The molecule has 0 unspecified atom stereocenters. The number of hydrogen-bond donors (Lipinski definition) is 0. The maximum Gasteiger partial charge on any atom is 0.271 e. The second-order valence-corrected chi connectivity index (χ2v) is 5.07. The molecule has 2 heterocycles. The molecule has 1 fully saturated rings. The molecule has 3 rings (SSSR count). The zero-order valence-corrected chi connectivity index (χ0v) is 8.56. The van der Waals surface area contributed by atoms with Gasteiger partial charge in [-0.3, -0.25) is 14.5 Å². The fourth-order valence-corrected chi connectivity index (χ4v) is 2.77. The lowest BCUT2D eigenvalue weighted by Crippen LogP contribution is -2.31. The normalized spacial score (nSPS) is 20.5. The van der Waals surface area contributed by atoms with Gasteiger partial charge in [0.25, 0.3) is 11.8 Å². The number of carbonyl (C=O) groups excluding carboxylic acids is 2. The van der Waals surface area contributed by atoms with Crippen molar-refractivity contribution in [2.24, 2.45) is 0 Å². The highest BCUT2D eigenvalue weighted by Gasteiger charge is 2.45. The minimum absolute atomic E-state index is 0.0781. The van der Waals surface area contributed by atoms with Crippen LogP contribution in [0.5, 0.6) is 0 Å². The van der Waals surface area contributed by atoms with E-state index in [1.807, 2.05) is 13.0 Å². The maximum absolute atomic E-state index is 11.8. The van der Waals surface area contributed by atoms with Gasteiger partial charge in [-0.2, -0.15) is 0 Å². The van der Waals surface area contributed by atoms with Gasteiger partial charge in [0.15, 0.2) is 0 Å². The van der Waals surface area contributed by atoms with Crippen LogP contribution < -0.4 is 0 Å². The van der Waals surface area contributed by atoms with E-state index in [1.54, 1.807) is 0 Å². The molecule has 0 N–H and O–H groups in total. The number of nitrogens with zero attached hydrogens (tertiary/aromatic N) is 1. The Morgan fingerprint density at radius 3 is 2.64 bits per heavy atom. The molecule has 1 aliphatic heterocycles. The average Bonchev–Trinajstić information content (AvgIpc) is 2.83. The highest BCUT2D eigenvalue weighted by Crippen LogP contribution is 2.37. The lowest BCUT2D eigenvalue weighted by Gasteiger charge is -2.11. The Morgan fingerprint density at radius 1 is 1.36 bits per heavy atom. The molecule has 1 saturated carbocycles. The zero-order chi connectivity index (χ0) is 9.87. The molecule has 0 atom stereocenters. The van der Waals surface area contributed by atoms with Crippen LogP contribution in [0.25, 0.3) is 0 Å². The van der Waals surface area contributed by atoms with Gasteiger partial charge in [-0.05, 0) is 25.8 Å². The first-order valence-corrected chi connectivity index (χ1v) is 5.48. The molecule has 2 aliphatic rings. The van der Waals surface area contributed by atoms with E-state index in [0.717, 1.165) is 17.7 Å². The van der Waals surface area contributed by atoms with Gasteiger partial charge in [0.2, 0.25) is 0 Å². The Labute approximate surface area is 85.3 Å². The summed E-state index contributed by atoms with van der Waals surface area (Å²) in [4.78, 5) is 26.7. The summed E-state index contributed by atoms with van der Waals surface area (Å²) in [5.74, 6) is -0.164. The first-order valence-electron chi connectivity index (χ1n) is 4.67. The summed E-state index contributed by atoms with van der Waals surface area (Å²) < 4.78 is 0. The van der Waals surface area contributed by atoms with Gasteiger partial charge in [-0.15, -0.1) is 11.3 Å². The van der Waals surface area contributed by atoms with Crippen LogP contribution >= 0.6 is 11.3 Å². The van der Waals surface area contributed by atoms with Gasteiger partial charge in [0.1, 0.15) is 4.88 Å². The van der Waals surface area contributed by atoms with Gasteiger partial charge in [-0.1, -0.05) is 0 Å². The van der Waals surface area contributed by atoms with E-state index in [-0.39, 0.29) is 17.9 Å². The third-order valence-electron chi connectivity index (χ3n) is 2.63. The van der Waals surface area contributed by atoms with Crippen LogP contribution in [0.1, 0.15) is 37.7 Å². The van der Waals surface area contributed by atoms with Crippen molar-refractivity contribution in [1.29, 1.82) is 0 Å². The second kappa shape index (κ2) is 2.45. The largest absolute Gasteiger partial charge is 0.271 e. The molecule has 0 radical (unpaired) electrons. The molecule has 2 amide bonds. The van der Waals surface area contributed by atoms with Gasteiger partial charge in [0, 0.05) is 10.9 Å². The molecule has 0 bridgehead atoms. The van der Waals surface area contributed by atoms with Crippen molar-refractivity contribution in [3.8, 4) is 0 Å². The number of carbonyl (C=O) groups is 2. The van der Waals surface area contributed by atoms with Crippen LogP contribution in [0.15, 0.2) is 6.07 Å². The summed E-state index contributed by atoms with van der Waals surface area (Å²) >= 11 is 1.43. The third kappa shape index (κ3) is 0.917. The molecule has 3 nitrogen and oxygen atoms in total. The Bertz CT molecular complexity index is 411. The molecule has 4 heteroatoms. The van der Waals surface area contributed by atoms with Crippen LogP contribution in [0.2, 0.25) is 0 Å².